The Hall–Kier alpha value is -1.29. The summed E-state index contributed by atoms with van der Waals surface area (Å²) >= 11 is 0. The van der Waals surface area contributed by atoms with Gasteiger partial charge in [0.1, 0.15) is 0 Å². The minimum absolute atomic E-state index is 0.130. The Morgan fingerprint density at radius 1 is 1.70 bits per heavy atom. The number of hydrogen-bond acceptors (Lipinski definition) is 3. The highest BCUT2D eigenvalue weighted by Crippen LogP contribution is 1.93. The van der Waals surface area contributed by atoms with E-state index in [0.29, 0.717) is 0 Å². The van der Waals surface area contributed by atoms with Crippen LogP contribution in [0.25, 0.3) is 0 Å². The Kier molecular flexibility index (Phi) is 3.99. The summed E-state index contributed by atoms with van der Waals surface area (Å²) in [6, 6.07) is 0. The fraction of sp³-hybridized carbons (Fsp3) is 0.167. The van der Waals surface area contributed by atoms with E-state index in [1.807, 2.05) is 0 Å². The van der Waals surface area contributed by atoms with Crippen LogP contribution < -0.4 is 11.3 Å². The quantitative estimate of drug-likeness (QED) is 0.224. The summed E-state index contributed by atoms with van der Waals surface area (Å²) in [7, 11) is 0. The Balaban J connectivity index is 4.26. The SMILES string of the molecule is C/C=C\C(=C/NN)C(=O)O. The minimum atomic E-state index is -1.00. The van der Waals surface area contributed by atoms with Crippen molar-refractivity contribution >= 4 is 5.97 Å². The normalized spacial score (nSPS) is 12.0. The largest absolute Gasteiger partial charge is 0.478 e. The van der Waals surface area contributed by atoms with Gasteiger partial charge in [0.25, 0.3) is 0 Å². The number of nitrogens with two attached hydrogens (primary N) is 1. The maximum Gasteiger partial charge on any atom is 0.337 e. The van der Waals surface area contributed by atoms with Crippen molar-refractivity contribution in [1.29, 1.82) is 0 Å². The summed E-state index contributed by atoms with van der Waals surface area (Å²) in [5.74, 6) is 3.87. The van der Waals surface area contributed by atoms with Gasteiger partial charge in [-0.1, -0.05) is 12.2 Å². The molecule has 0 saturated heterocycles. The molecular weight excluding hydrogens is 132 g/mol. The van der Waals surface area contributed by atoms with E-state index in [9.17, 15) is 4.79 Å². The standard InChI is InChI=1S/C6H10N2O2/c1-2-3-5(4-8-7)6(9)10/h2-4,8H,7H2,1H3,(H,9,10)/b3-2-,5-4+. The lowest BCUT2D eigenvalue weighted by Crippen LogP contribution is -2.16. The lowest BCUT2D eigenvalue weighted by Gasteiger charge is -1.92. The lowest BCUT2D eigenvalue weighted by atomic mass is 10.3. The number of allylic oxidation sites excluding steroid dienone is 1. The highest BCUT2D eigenvalue weighted by atomic mass is 16.4. The molecule has 0 saturated carbocycles. The van der Waals surface area contributed by atoms with Crippen LogP contribution in [-0.4, -0.2) is 11.1 Å². The summed E-state index contributed by atoms with van der Waals surface area (Å²) in [6.07, 6.45) is 4.28. The first-order chi connectivity index (χ1) is 4.72. The monoisotopic (exact) mass is 142 g/mol. The molecule has 0 heterocycles. The number of carbonyl (C=O) groups is 1. The first-order valence-electron chi connectivity index (χ1n) is 2.74. The van der Waals surface area contributed by atoms with Crippen LogP contribution in [0.5, 0.6) is 0 Å². The fourth-order valence-electron chi connectivity index (χ4n) is 0.450. The molecule has 4 heteroatoms. The molecule has 0 aromatic carbocycles. The zero-order chi connectivity index (χ0) is 7.98. The molecule has 0 unspecified atom stereocenters. The number of hydrazine groups is 1. The molecule has 0 amide bonds. The maximum absolute atomic E-state index is 10.3. The first-order valence-corrected chi connectivity index (χ1v) is 2.74. The fourth-order valence-corrected chi connectivity index (χ4v) is 0.450. The number of carboxylic acids is 1. The average Bonchev–Trinajstić information content (AvgIpc) is 1.87. The van der Waals surface area contributed by atoms with Gasteiger partial charge in [0.15, 0.2) is 0 Å². The second kappa shape index (κ2) is 4.58. The molecule has 0 aliphatic rings. The van der Waals surface area contributed by atoms with E-state index >= 15 is 0 Å². The number of aliphatic carboxylic acids is 1. The van der Waals surface area contributed by atoms with E-state index in [2.05, 4.69) is 5.43 Å². The molecule has 0 fully saturated rings. The van der Waals surface area contributed by atoms with Crippen LogP contribution in [0.3, 0.4) is 0 Å². The third-order valence-corrected chi connectivity index (χ3v) is 0.832. The van der Waals surface area contributed by atoms with E-state index in [1.165, 1.54) is 12.3 Å². The van der Waals surface area contributed by atoms with Gasteiger partial charge in [-0.05, 0) is 6.92 Å². The molecule has 4 N–H and O–H groups in total. The molecule has 0 spiro atoms. The average molecular weight is 142 g/mol. The van der Waals surface area contributed by atoms with Crippen LogP contribution >= 0.6 is 0 Å². The number of rotatable bonds is 3. The van der Waals surface area contributed by atoms with E-state index in [-0.39, 0.29) is 5.57 Å². The van der Waals surface area contributed by atoms with Gasteiger partial charge in [0.05, 0.1) is 5.57 Å². The van der Waals surface area contributed by atoms with E-state index in [1.54, 1.807) is 13.0 Å². The van der Waals surface area contributed by atoms with Crippen LogP contribution in [0.15, 0.2) is 23.9 Å². The zero-order valence-electron chi connectivity index (χ0n) is 5.66. The molecule has 0 aliphatic heterocycles. The molecule has 0 aromatic rings. The Bertz CT molecular complexity index is 173. The Morgan fingerprint density at radius 2 is 2.30 bits per heavy atom. The van der Waals surface area contributed by atoms with Gasteiger partial charge >= 0.3 is 5.97 Å². The number of hydrogen-bond donors (Lipinski definition) is 3. The molecule has 56 valence electrons. The highest BCUT2D eigenvalue weighted by Gasteiger charge is 1.99. The first kappa shape index (κ1) is 8.71. The third kappa shape index (κ3) is 2.88. The van der Waals surface area contributed by atoms with Crippen LogP contribution in [0.4, 0.5) is 0 Å². The Morgan fingerprint density at radius 3 is 2.60 bits per heavy atom. The molecule has 0 atom stereocenters. The predicted octanol–water partition coefficient (Wildman–Crippen LogP) is -0.00570. The van der Waals surface area contributed by atoms with Crippen molar-refractivity contribution in [3.63, 3.8) is 0 Å². The maximum atomic E-state index is 10.3. The summed E-state index contributed by atoms with van der Waals surface area (Å²) in [4.78, 5) is 10.3. The van der Waals surface area contributed by atoms with Crippen LogP contribution in [0.1, 0.15) is 6.92 Å². The van der Waals surface area contributed by atoms with E-state index < -0.39 is 5.97 Å². The second-order valence-corrected chi connectivity index (χ2v) is 1.57. The topological polar surface area (TPSA) is 75.3 Å². The van der Waals surface area contributed by atoms with Crippen LogP contribution in [0.2, 0.25) is 0 Å². The number of carboxylic acid groups (broad SMARTS) is 1. The molecule has 0 aromatic heterocycles. The van der Waals surface area contributed by atoms with Gasteiger partial charge in [0, 0.05) is 6.20 Å². The van der Waals surface area contributed by atoms with Gasteiger partial charge in [-0.2, -0.15) is 0 Å². The third-order valence-electron chi connectivity index (χ3n) is 0.832. The van der Waals surface area contributed by atoms with Crippen molar-refractivity contribution in [3.05, 3.63) is 23.9 Å². The smallest absolute Gasteiger partial charge is 0.337 e. The van der Waals surface area contributed by atoms with Crippen molar-refractivity contribution in [2.24, 2.45) is 5.84 Å². The van der Waals surface area contributed by atoms with Gasteiger partial charge in [0.2, 0.25) is 0 Å². The minimum Gasteiger partial charge on any atom is -0.478 e. The van der Waals surface area contributed by atoms with Gasteiger partial charge in [-0.25, -0.2) is 4.79 Å². The summed E-state index contributed by atoms with van der Waals surface area (Å²) in [6.45, 7) is 1.73. The van der Waals surface area contributed by atoms with Crippen molar-refractivity contribution in [1.82, 2.24) is 5.43 Å². The molecule has 0 bridgehead atoms. The van der Waals surface area contributed by atoms with Crippen LogP contribution in [0, 0.1) is 0 Å². The zero-order valence-corrected chi connectivity index (χ0v) is 5.66. The van der Waals surface area contributed by atoms with Crippen molar-refractivity contribution in [3.8, 4) is 0 Å². The molecule has 0 aliphatic carbocycles. The molecule has 10 heavy (non-hydrogen) atoms. The molecule has 4 nitrogen and oxygen atoms in total. The number of nitrogens with one attached hydrogen (secondary N) is 1. The highest BCUT2D eigenvalue weighted by molar-refractivity contribution is 5.89. The van der Waals surface area contributed by atoms with Crippen molar-refractivity contribution in [2.45, 2.75) is 6.92 Å². The van der Waals surface area contributed by atoms with Crippen LogP contribution in [-0.2, 0) is 4.79 Å². The summed E-state index contributed by atoms with van der Waals surface area (Å²) in [5, 5.41) is 8.42. The molecule has 0 rings (SSSR count). The molecule has 0 radical (unpaired) electrons. The Labute approximate surface area is 59.0 Å². The lowest BCUT2D eigenvalue weighted by molar-refractivity contribution is -0.132. The van der Waals surface area contributed by atoms with Gasteiger partial charge in [-0.15, -0.1) is 0 Å². The summed E-state index contributed by atoms with van der Waals surface area (Å²) in [5.41, 5.74) is 2.27. The van der Waals surface area contributed by atoms with E-state index in [0.717, 1.165) is 0 Å². The molecular formula is C6H10N2O2. The summed E-state index contributed by atoms with van der Waals surface area (Å²) < 4.78 is 0. The second-order valence-electron chi connectivity index (χ2n) is 1.57. The van der Waals surface area contributed by atoms with Crippen molar-refractivity contribution in [2.75, 3.05) is 0 Å². The van der Waals surface area contributed by atoms with Gasteiger partial charge < -0.3 is 10.5 Å². The van der Waals surface area contributed by atoms with Crippen molar-refractivity contribution < 1.29 is 9.90 Å². The van der Waals surface area contributed by atoms with Gasteiger partial charge in [-0.3, -0.25) is 5.84 Å². The van der Waals surface area contributed by atoms with E-state index in [4.69, 9.17) is 10.9 Å². The predicted molar refractivity (Wildman–Crippen MR) is 37.9 cm³/mol.